The number of hydrogen-bond donors (Lipinski definition) is 2. The number of nitrogens with zero attached hydrogens (tertiary/aromatic N) is 1. The fourth-order valence-electron chi connectivity index (χ4n) is 2.49. The van der Waals surface area contributed by atoms with Crippen LogP contribution in [-0.2, 0) is 16.0 Å². The van der Waals surface area contributed by atoms with Crippen molar-refractivity contribution in [2.45, 2.75) is 26.3 Å². The molecule has 1 unspecified atom stereocenters. The Labute approximate surface area is 143 Å². The van der Waals surface area contributed by atoms with Crippen LogP contribution in [0.1, 0.15) is 25.3 Å². The minimum Gasteiger partial charge on any atom is -0.381 e. The lowest BCUT2D eigenvalue weighted by Crippen LogP contribution is -2.38. The average molecular weight is 337 g/mol. The largest absolute Gasteiger partial charge is 0.381 e. The van der Waals surface area contributed by atoms with Crippen LogP contribution in [0.3, 0.4) is 0 Å². The van der Waals surface area contributed by atoms with Gasteiger partial charge in [-0.1, -0.05) is 12.1 Å². The highest BCUT2D eigenvalue weighted by atomic mass is 19.1. The SMILES string of the molecule is CCNC(=NCc1cccc(F)c1)NCCCOCC1CCOC1. The van der Waals surface area contributed by atoms with E-state index in [0.717, 1.165) is 63.9 Å². The van der Waals surface area contributed by atoms with Gasteiger partial charge < -0.3 is 20.1 Å². The topological polar surface area (TPSA) is 54.9 Å². The molecule has 0 amide bonds. The third-order valence-corrected chi connectivity index (χ3v) is 3.79. The van der Waals surface area contributed by atoms with E-state index in [-0.39, 0.29) is 5.82 Å². The van der Waals surface area contributed by atoms with Gasteiger partial charge in [-0.15, -0.1) is 0 Å². The van der Waals surface area contributed by atoms with Crippen LogP contribution in [0, 0.1) is 11.7 Å². The zero-order chi connectivity index (χ0) is 17.0. The Morgan fingerprint density at radius 2 is 2.33 bits per heavy atom. The van der Waals surface area contributed by atoms with Gasteiger partial charge >= 0.3 is 0 Å². The molecule has 1 fully saturated rings. The number of rotatable bonds is 9. The van der Waals surface area contributed by atoms with E-state index in [1.54, 1.807) is 6.07 Å². The first-order chi connectivity index (χ1) is 11.8. The molecular formula is C18H28FN3O2. The Morgan fingerprint density at radius 3 is 3.08 bits per heavy atom. The predicted octanol–water partition coefficient (Wildman–Crippen LogP) is 2.32. The van der Waals surface area contributed by atoms with Crippen molar-refractivity contribution in [2.75, 3.05) is 39.5 Å². The maximum Gasteiger partial charge on any atom is 0.191 e. The molecule has 2 N–H and O–H groups in total. The van der Waals surface area contributed by atoms with Gasteiger partial charge in [0.1, 0.15) is 5.82 Å². The van der Waals surface area contributed by atoms with Crippen LogP contribution in [0.25, 0.3) is 0 Å². The van der Waals surface area contributed by atoms with Crippen LogP contribution >= 0.6 is 0 Å². The van der Waals surface area contributed by atoms with E-state index in [0.29, 0.717) is 12.5 Å². The maximum absolute atomic E-state index is 13.2. The standard InChI is InChI=1S/C18H28FN3O2/c1-2-20-18(22-12-15-5-3-6-17(19)11-15)21-8-4-9-23-13-16-7-10-24-14-16/h3,5-6,11,16H,2,4,7-10,12-14H2,1H3,(H2,20,21,22). The molecule has 0 spiro atoms. The van der Waals surface area contributed by atoms with Gasteiger partial charge in [0.05, 0.1) is 19.8 Å². The molecule has 0 saturated carbocycles. The molecule has 6 heteroatoms. The van der Waals surface area contributed by atoms with Crippen molar-refractivity contribution in [3.63, 3.8) is 0 Å². The number of ether oxygens (including phenoxy) is 2. The summed E-state index contributed by atoms with van der Waals surface area (Å²) in [6.07, 6.45) is 2.02. The fourth-order valence-corrected chi connectivity index (χ4v) is 2.49. The summed E-state index contributed by atoms with van der Waals surface area (Å²) in [5.41, 5.74) is 0.856. The number of nitrogens with one attached hydrogen (secondary N) is 2. The van der Waals surface area contributed by atoms with Crippen LogP contribution < -0.4 is 10.6 Å². The molecule has 5 nitrogen and oxygen atoms in total. The van der Waals surface area contributed by atoms with E-state index in [1.165, 1.54) is 12.1 Å². The molecule has 0 radical (unpaired) electrons. The number of hydrogen-bond acceptors (Lipinski definition) is 3. The highest BCUT2D eigenvalue weighted by Crippen LogP contribution is 2.12. The van der Waals surface area contributed by atoms with E-state index >= 15 is 0 Å². The number of benzene rings is 1. The van der Waals surface area contributed by atoms with Crippen LogP contribution in [-0.4, -0.2) is 45.5 Å². The minimum atomic E-state index is -0.231. The summed E-state index contributed by atoms with van der Waals surface area (Å²) >= 11 is 0. The third kappa shape index (κ3) is 7.27. The van der Waals surface area contributed by atoms with E-state index in [1.807, 2.05) is 13.0 Å². The predicted molar refractivity (Wildman–Crippen MR) is 93.6 cm³/mol. The lowest BCUT2D eigenvalue weighted by atomic mass is 10.1. The van der Waals surface area contributed by atoms with Gasteiger partial charge in [-0.2, -0.15) is 0 Å². The van der Waals surface area contributed by atoms with Gasteiger partial charge in [0.25, 0.3) is 0 Å². The van der Waals surface area contributed by atoms with Crippen LogP contribution in [0.15, 0.2) is 29.3 Å². The first kappa shape index (κ1) is 18.7. The van der Waals surface area contributed by atoms with E-state index in [9.17, 15) is 4.39 Å². The van der Waals surface area contributed by atoms with E-state index < -0.39 is 0 Å². The summed E-state index contributed by atoms with van der Waals surface area (Å²) < 4.78 is 24.2. The molecule has 1 saturated heterocycles. The molecule has 1 atom stereocenters. The molecule has 0 aliphatic carbocycles. The molecule has 134 valence electrons. The second-order valence-electron chi connectivity index (χ2n) is 5.91. The molecule has 2 rings (SSSR count). The molecule has 1 aliphatic heterocycles. The van der Waals surface area contributed by atoms with Crippen molar-refractivity contribution < 1.29 is 13.9 Å². The van der Waals surface area contributed by atoms with Gasteiger partial charge in [0.15, 0.2) is 5.96 Å². The van der Waals surface area contributed by atoms with E-state index in [4.69, 9.17) is 9.47 Å². The van der Waals surface area contributed by atoms with Gasteiger partial charge in [0.2, 0.25) is 0 Å². The molecule has 0 aromatic heterocycles. The molecule has 1 aliphatic rings. The van der Waals surface area contributed by atoms with Crippen molar-refractivity contribution in [1.29, 1.82) is 0 Å². The third-order valence-electron chi connectivity index (χ3n) is 3.79. The minimum absolute atomic E-state index is 0.231. The van der Waals surface area contributed by atoms with Crippen molar-refractivity contribution in [3.05, 3.63) is 35.6 Å². The Kier molecular flexibility index (Phi) is 8.55. The Morgan fingerprint density at radius 1 is 1.42 bits per heavy atom. The van der Waals surface area contributed by atoms with Crippen molar-refractivity contribution in [3.8, 4) is 0 Å². The number of halogens is 1. The first-order valence-corrected chi connectivity index (χ1v) is 8.70. The number of aliphatic imine (C=N–C) groups is 1. The first-order valence-electron chi connectivity index (χ1n) is 8.70. The summed E-state index contributed by atoms with van der Waals surface area (Å²) in [6.45, 7) is 7.25. The average Bonchev–Trinajstić information content (AvgIpc) is 3.09. The van der Waals surface area contributed by atoms with Crippen LogP contribution in [0.4, 0.5) is 4.39 Å². The van der Waals surface area contributed by atoms with Gasteiger partial charge in [-0.3, -0.25) is 0 Å². The molecule has 0 bridgehead atoms. The Hall–Kier alpha value is -1.66. The molecule has 1 aromatic rings. The Bertz CT molecular complexity index is 505. The Balaban J connectivity index is 1.63. The second kappa shape index (κ2) is 11.0. The lowest BCUT2D eigenvalue weighted by molar-refractivity contribution is 0.0888. The van der Waals surface area contributed by atoms with Gasteiger partial charge in [-0.25, -0.2) is 9.38 Å². The van der Waals surface area contributed by atoms with Gasteiger partial charge in [0, 0.05) is 32.2 Å². The van der Waals surface area contributed by atoms with E-state index in [2.05, 4.69) is 15.6 Å². The van der Waals surface area contributed by atoms with Gasteiger partial charge in [-0.05, 0) is 37.5 Å². The highest BCUT2D eigenvalue weighted by molar-refractivity contribution is 5.79. The fraction of sp³-hybridized carbons (Fsp3) is 0.611. The number of guanidine groups is 1. The summed E-state index contributed by atoms with van der Waals surface area (Å²) in [5, 5.41) is 6.47. The molecule has 1 heterocycles. The van der Waals surface area contributed by atoms with Crippen molar-refractivity contribution in [2.24, 2.45) is 10.9 Å². The second-order valence-corrected chi connectivity index (χ2v) is 5.91. The van der Waals surface area contributed by atoms with Crippen LogP contribution in [0.2, 0.25) is 0 Å². The van der Waals surface area contributed by atoms with Crippen molar-refractivity contribution in [1.82, 2.24) is 10.6 Å². The molecule has 1 aromatic carbocycles. The molecule has 24 heavy (non-hydrogen) atoms. The summed E-state index contributed by atoms with van der Waals surface area (Å²) in [6, 6.07) is 6.52. The van der Waals surface area contributed by atoms with Crippen LogP contribution in [0.5, 0.6) is 0 Å². The zero-order valence-electron chi connectivity index (χ0n) is 14.4. The smallest absolute Gasteiger partial charge is 0.191 e. The monoisotopic (exact) mass is 337 g/mol. The maximum atomic E-state index is 13.2. The summed E-state index contributed by atoms with van der Waals surface area (Å²) in [4.78, 5) is 4.48. The normalized spacial score (nSPS) is 17.9. The quantitative estimate of drug-likeness (QED) is 0.412. The highest BCUT2D eigenvalue weighted by Gasteiger charge is 2.15. The zero-order valence-corrected chi connectivity index (χ0v) is 14.4. The lowest BCUT2D eigenvalue weighted by Gasteiger charge is -2.12. The summed E-state index contributed by atoms with van der Waals surface area (Å²) in [7, 11) is 0. The van der Waals surface area contributed by atoms with Crippen molar-refractivity contribution >= 4 is 5.96 Å². The molecular weight excluding hydrogens is 309 g/mol. The summed E-state index contributed by atoms with van der Waals surface area (Å²) in [5.74, 6) is 1.07.